The van der Waals surface area contributed by atoms with Gasteiger partial charge in [-0.2, -0.15) is 0 Å². The monoisotopic (exact) mass is 329 g/mol. The molecular formula is C19H27N3O2. The van der Waals surface area contributed by atoms with Gasteiger partial charge in [-0.05, 0) is 37.7 Å². The number of rotatable bonds is 5. The van der Waals surface area contributed by atoms with Crippen molar-refractivity contribution in [3.63, 3.8) is 0 Å². The largest absolute Gasteiger partial charge is 0.358 e. The third kappa shape index (κ3) is 4.15. The normalized spacial score (nSPS) is 24.4. The van der Waals surface area contributed by atoms with Crippen LogP contribution in [0.15, 0.2) is 24.3 Å². The minimum absolute atomic E-state index is 0.0523. The van der Waals surface area contributed by atoms with Crippen molar-refractivity contribution in [3.8, 4) is 0 Å². The van der Waals surface area contributed by atoms with Crippen LogP contribution in [0.25, 0.3) is 0 Å². The van der Waals surface area contributed by atoms with E-state index in [0.29, 0.717) is 12.5 Å². The highest BCUT2D eigenvalue weighted by atomic mass is 16.2. The van der Waals surface area contributed by atoms with Gasteiger partial charge in [0.2, 0.25) is 11.8 Å². The van der Waals surface area contributed by atoms with Crippen LogP contribution in [0.5, 0.6) is 0 Å². The molecule has 5 nitrogen and oxygen atoms in total. The van der Waals surface area contributed by atoms with Crippen molar-refractivity contribution < 1.29 is 9.59 Å². The number of amides is 2. The lowest BCUT2D eigenvalue weighted by Crippen LogP contribution is -2.47. The minimum Gasteiger partial charge on any atom is -0.358 e. The molecule has 2 aliphatic rings. The third-order valence-electron chi connectivity index (χ3n) is 5.18. The molecule has 0 aromatic heterocycles. The summed E-state index contributed by atoms with van der Waals surface area (Å²) >= 11 is 0. The van der Waals surface area contributed by atoms with Crippen molar-refractivity contribution >= 4 is 11.8 Å². The van der Waals surface area contributed by atoms with Gasteiger partial charge in [-0.3, -0.25) is 14.5 Å². The molecule has 1 aliphatic heterocycles. The van der Waals surface area contributed by atoms with Crippen LogP contribution in [-0.2, 0) is 9.59 Å². The number of hydrogen-bond acceptors (Lipinski definition) is 3. The van der Waals surface area contributed by atoms with E-state index in [0.717, 1.165) is 32.4 Å². The van der Waals surface area contributed by atoms with E-state index in [4.69, 9.17) is 0 Å². The second kappa shape index (κ2) is 7.34. The van der Waals surface area contributed by atoms with Gasteiger partial charge in [0, 0.05) is 32.1 Å². The number of benzene rings is 1. The van der Waals surface area contributed by atoms with Gasteiger partial charge in [-0.1, -0.05) is 29.8 Å². The van der Waals surface area contributed by atoms with E-state index in [1.165, 1.54) is 11.1 Å². The van der Waals surface area contributed by atoms with E-state index < -0.39 is 0 Å². The number of nitrogens with zero attached hydrogens (tertiary/aromatic N) is 1. The highest BCUT2D eigenvalue weighted by Gasteiger charge is 2.44. The zero-order valence-corrected chi connectivity index (χ0v) is 14.5. The Balaban J connectivity index is 1.43. The number of piperidine rings is 1. The molecule has 0 spiro atoms. The van der Waals surface area contributed by atoms with Crippen LogP contribution < -0.4 is 10.6 Å². The molecular weight excluding hydrogens is 302 g/mol. The third-order valence-corrected chi connectivity index (χ3v) is 5.18. The maximum Gasteiger partial charge on any atom is 0.233 e. The SMILES string of the molecule is CNC(=O)CN1CCC(NC(=O)[C@@H]2C[C@H]2c2cccc(C)c2)CC1. The Labute approximate surface area is 143 Å². The molecule has 1 aromatic carbocycles. The second-order valence-electron chi connectivity index (χ2n) is 7.10. The number of likely N-dealkylation sites (tertiary alicyclic amines) is 1. The van der Waals surface area contributed by atoms with Crippen LogP contribution in [-0.4, -0.2) is 49.4 Å². The van der Waals surface area contributed by atoms with Crippen LogP contribution in [0.2, 0.25) is 0 Å². The summed E-state index contributed by atoms with van der Waals surface area (Å²) in [7, 11) is 1.66. The van der Waals surface area contributed by atoms with Crippen molar-refractivity contribution in [1.82, 2.24) is 15.5 Å². The summed E-state index contributed by atoms with van der Waals surface area (Å²) in [5.74, 6) is 0.775. The van der Waals surface area contributed by atoms with Gasteiger partial charge in [0.15, 0.2) is 0 Å². The van der Waals surface area contributed by atoms with Crippen LogP contribution in [0.1, 0.15) is 36.3 Å². The van der Waals surface area contributed by atoms with Crippen LogP contribution >= 0.6 is 0 Å². The van der Waals surface area contributed by atoms with Crippen molar-refractivity contribution in [2.24, 2.45) is 5.92 Å². The lowest BCUT2D eigenvalue weighted by Gasteiger charge is -2.31. The number of likely N-dealkylation sites (N-methyl/N-ethyl adjacent to an activating group) is 1. The average Bonchev–Trinajstić information content (AvgIpc) is 3.37. The quantitative estimate of drug-likeness (QED) is 0.859. The molecule has 0 bridgehead atoms. The van der Waals surface area contributed by atoms with Crippen molar-refractivity contribution in [2.75, 3.05) is 26.7 Å². The van der Waals surface area contributed by atoms with Gasteiger partial charge in [-0.15, -0.1) is 0 Å². The van der Waals surface area contributed by atoms with Crippen LogP contribution in [0, 0.1) is 12.8 Å². The topological polar surface area (TPSA) is 61.4 Å². The Hall–Kier alpha value is -1.88. The molecule has 130 valence electrons. The van der Waals surface area contributed by atoms with Crippen molar-refractivity contribution in [3.05, 3.63) is 35.4 Å². The summed E-state index contributed by atoms with van der Waals surface area (Å²) < 4.78 is 0. The van der Waals surface area contributed by atoms with Crippen LogP contribution in [0.4, 0.5) is 0 Å². The average molecular weight is 329 g/mol. The number of nitrogens with one attached hydrogen (secondary N) is 2. The van der Waals surface area contributed by atoms with E-state index in [9.17, 15) is 9.59 Å². The molecule has 1 heterocycles. The zero-order valence-electron chi connectivity index (χ0n) is 14.5. The Kier molecular flexibility index (Phi) is 5.19. The molecule has 2 atom stereocenters. The summed E-state index contributed by atoms with van der Waals surface area (Å²) in [6.45, 7) is 4.28. The summed E-state index contributed by atoms with van der Waals surface area (Å²) in [5, 5.41) is 5.87. The number of carbonyl (C=O) groups is 2. The van der Waals surface area contributed by atoms with Crippen LogP contribution in [0.3, 0.4) is 0 Å². The lowest BCUT2D eigenvalue weighted by atomic mass is 10.0. The predicted octanol–water partition coefficient (Wildman–Crippen LogP) is 1.43. The molecule has 24 heavy (non-hydrogen) atoms. The predicted molar refractivity (Wildman–Crippen MR) is 93.7 cm³/mol. The molecule has 5 heteroatoms. The fourth-order valence-corrected chi connectivity index (χ4v) is 3.58. The van der Waals surface area contributed by atoms with E-state index in [1.54, 1.807) is 7.05 Å². The van der Waals surface area contributed by atoms with Gasteiger partial charge >= 0.3 is 0 Å². The summed E-state index contributed by atoms with van der Waals surface area (Å²) in [5.41, 5.74) is 2.54. The molecule has 1 saturated carbocycles. The van der Waals surface area contributed by atoms with Gasteiger partial charge < -0.3 is 10.6 Å². The van der Waals surface area contributed by atoms with E-state index in [-0.39, 0.29) is 23.8 Å². The molecule has 0 radical (unpaired) electrons. The first kappa shape index (κ1) is 17.0. The standard InChI is InChI=1S/C19H27N3O2/c1-13-4-3-5-14(10-13)16-11-17(16)19(24)21-15-6-8-22(9-7-15)12-18(23)20-2/h3-5,10,15-17H,6-9,11-12H2,1-2H3,(H,20,23)(H,21,24)/t16-,17+/m0/s1. The lowest BCUT2D eigenvalue weighted by molar-refractivity contribution is -0.124. The first-order chi connectivity index (χ1) is 11.6. The molecule has 3 rings (SSSR count). The number of aryl methyl sites for hydroxylation is 1. The van der Waals surface area contributed by atoms with Crippen molar-refractivity contribution in [1.29, 1.82) is 0 Å². The Morgan fingerprint density at radius 3 is 2.67 bits per heavy atom. The highest BCUT2D eigenvalue weighted by Crippen LogP contribution is 2.47. The maximum absolute atomic E-state index is 12.5. The van der Waals surface area contributed by atoms with Crippen molar-refractivity contribution in [2.45, 2.75) is 38.1 Å². The summed E-state index contributed by atoms with van der Waals surface area (Å²) in [6.07, 6.45) is 2.81. The molecule has 1 aromatic rings. The number of hydrogen-bond donors (Lipinski definition) is 2. The van der Waals surface area contributed by atoms with E-state index in [2.05, 4.69) is 46.7 Å². The molecule has 2 N–H and O–H groups in total. The van der Waals surface area contributed by atoms with E-state index >= 15 is 0 Å². The molecule has 2 amide bonds. The highest BCUT2D eigenvalue weighted by molar-refractivity contribution is 5.83. The first-order valence-electron chi connectivity index (χ1n) is 8.86. The fourth-order valence-electron chi connectivity index (χ4n) is 3.58. The smallest absolute Gasteiger partial charge is 0.233 e. The summed E-state index contributed by atoms with van der Waals surface area (Å²) in [4.78, 5) is 26.0. The first-order valence-corrected chi connectivity index (χ1v) is 8.86. The zero-order chi connectivity index (χ0) is 17.1. The Morgan fingerprint density at radius 1 is 1.25 bits per heavy atom. The Morgan fingerprint density at radius 2 is 2.00 bits per heavy atom. The van der Waals surface area contributed by atoms with Gasteiger partial charge in [0.25, 0.3) is 0 Å². The second-order valence-corrected chi connectivity index (χ2v) is 7.10. The minimum atomic E-state index is 0.0523. The number of carbonyl (C=O) groups excluding carboxylic acids is 2. The molecule has 2 fully saturated rings. The van der Waals surface area contributed by atoms with E-state index in [1.807, 2.05) is 0 Å². The van der Waals surface area contributed by atoms with Gasteiger partial charge in [-0.25, -0.2) is 0 Å². The van der Waals surface area contributed by atoms with Gasteiger partial charge in [0.1, 0.15) is 0 Å². The molecule has 1 saturated heterocycles. The van der Waals surface area contributed by atoms with Gasteiger partial charge in [0.05, 0.1) is 6.54 Å². The maximum atomic E-state index is 12.5. The molecule has 1 aliphatic carbocycles. The molecule has 0 unspecified atom stereocenters. The Bertz CT molecular complexity index is 608. The summed E-state index contributed by atoms with van der Waals surface area (Å²) in [6, 6.07) is 8.72. The fraction of sp³-hybridized carbons (Fsp3) is 0.579.